The van der Waals surface area contributed by atoms with E-state index in [-0.39, 0.29) is 6.04 Å². The van der Waals surface area contributed by atoms with E-state index in [0.29, 0.717) is 18.2 Å². The molecule has 0 aromatic carbocycles. The summed E-state index contributed by atoms with van der Waals surface area (Å²) in [5, 5.41) is 3.12. The number of aromatic nitrogens is 2. The van der Waals surface area contributed by atoms with Crippen LogP contribution in [0.25, 0.3) is 0 Å². The van der Waals surface area contributed by atoms with Crippen LogP contribution < -0.4 is 11.1 Å². The van der Waals surface area contributed by atoms with Crippen LogP contribution in [0, 0.1) is 0 Å². The van der Waals surface area contributed by atoms with Crippen LogP contribution >= 0.6 is 0 Å². The number of nitrogens with zero attached hydrogens (tertiary/aromatic N) is 2. The molecule has 5 nitrogen and oxygen atoms in total. The molecule has 0 fully saturated rings. The number of nitrogens with one attached hydrogen (secondary N) is 1. The normalized spacial score (nSPS) is 12.5. The Balaban J connectivity index is 2.49. The van der Waals surface area contributed by atoms with Gasteiger partial charge in [0.1, 0.15) is 11.6 Å². The van der Waals surface area contributed by atoms with Gasteiger partial charge in [0.05, 0.1) is 19.0 Å². The predicted octanol–water partition coefficient (Wildman–Crippen LogP) is 0.506. The molecule has 0 saturated carbocycles. The second kappa shape index (κ2) is 4.61. The molecule has 0 spiro atoms. The molecule has 5 heteroatoms. The summed E-state index contributed by atoms with van der Waals surface area (Å²) in [7, 11) is 1.66. The molecule has 72 valence electrons. The number of methoxy groups -OCH3 is 1. The predicted molar refractivity (Wildman–Crippen MR) is 51.4 cm³/mol. The lowest BCUT2D eigenvalue weighted by Crippen LogP contribution is -2.21. The number of ether oxygens (including phenoxy) is 1. The SMILES string of the molecule is COCC(C)Nc1cnc(N)cn1. The number of hydrogen-bond acceptors (Lipinski definition) is 5. The largest absolute Gasteiger partial charge is 0.383 e. The lowest BCUT2D eigenvalue weighted by molar-refractivity contribution is 0.190. The molecule has 13 heavy (non-hydrogen) atoms. The first kappa shape index (κ1) is 9.73. The molecule has 0 aliphatic rings. The Hall–Kier alpha value is -1.36. The second-order valence-corrected chi connectivity index (χ2v) is 2.83. The molecule has 1 rings (SSSR count). The van der Waals surface area contributed by atoms with Crippen LogP contribution in [-0.4, -0.2) is 29.7 Å². The smallest absolute Gasteiger partial charge is 0.144 e. The third kappa shape index (κ3) is 3.25. The molecule has 1 aromatic rings. The number of rotatable bonds is 4. The van der Waals surface area contributed by atoms with Crippen LogP contribution in [0.1, 0.15) is 6.92 Å². The number of anilines is 2. The molecule has 0 amide bonds. The molecule has 0 saturated heterocycles. The van der Waals surface area contributed by atoms with Gasteiger partial charge in [0.25, 0.3) is 0 Å². The molecule has 0 aliphatic carbocycles. The van der Waals surface area contributed by atoms with E-state index in [1.54, 1.807) is 13.3 Å². The summed E-state index contributed by atoms with van der Waals surface area (Å²) in [5.74, 6) is 1.13. The minimum Gasteiger partial charge on any atom is -0.383 e. The summed E-state index contributed by atoms with van der Waals surface area (Å²) in [6, 6.07) is 0.211. The van der Waals surface area contributed by atoms with Crippen molar-refractivity contribution in [2.45, 2.75) is 13.0 Å². The van der Waals surface area contributed by atoms with Crippen molar-refractivity contribution in [3.8, 4) is 0 Å². The van der Waals surface area contributed by atoms with E-state index in [2.05, 4.69) is 15.3 Å². The molecule has 0 radical (unpaired) electrons. The van der Waals surface area contributed by atoms with E-state index >= 15 is 0 Å². The first-order chi connectivity index (χ1) is 6.22. The van der Waals surface area contributed by atoms with E-state index in [1.165, 1.54) is 6.20 Å². The fraction of sp³-hybridized carbons (Fsp3) is 0.500. The molecule has 1 unspecified atom stereocenters. The molecular weight excluding hydrogens is 168 g/mol. The molecule has 1 atom stereocenters. The molecule has 1 aromatic heterocycles. The van der Waals surface area contributed by atoms with Crippen LogP contribution in [-0.2, 0) is 4.74 Å². The molecule has 0 bridgehead atoms. The zero-order valence-electron chi connectivity index (χ0n) is 7.82. The number of nitrogen functional groups attached to an aromatic ring is 1. The molecule has 0 aliphatic heterocycles. The van der Waals surface area contributed by atoms with Crippen molar-refractivity contribution in [1.82, 2.24) is 9.97 Å². The summed E-state index contributed by atoms with van der Waals surface area (Å²) in [6.45, 7) is 2.63. The first-order valence-electron chi connectivity index (χ1n) is 4.05. The van der Waals surface area contributed by atoms with E-state index in [9.17, 15) is 0 Å². The van der Waals surface area contributed by atoms with Gasteiger partial charge in [0, 0.05) is 13.2 Å². The highest BCUT2D eigenvalue weighted by atomic mass is 16.5. The maximum Gasteiger partial charge on any atom is 0.144 e. The average molecular weight is 182 g/mol. The summed E-state index contributed by atoms with van der Waals surface area (Å²) in [6.07, 6.45) is 3.11. The van der Waals surface area contributed by atoms with Crippen molar-refractivity contribution in [3.63, 3.8) is 0 Å². The van der Waals surface area contributed by atoms with Gasteiger partial charge >= 0.3 is 0 Å². The third-order valence-corrected chi connectivity index (χ3v) is 1.48. The molecule has 3 N–H and O–H groups in total. The van der Waals surface area contributed by atoms with Crippen LogP contribution in [0.15, 0.2) is 12.4 Å². The second-order valence-electron chi connectivity index (χ2n) is 2.83. The Morgan fingerprint density at radius 1 is 1.54 bits per heavy atom. The standard InChI is InChI=1S/C8H14N4O/c1-6(5-13-2)12-8-4-10-7(9)3-11-8/h3-4,6H,5H2,1-2H3,(H2,9,10)(H,11,12). The van der Waals surface area contributed by atoms with Gasteiger partial charge in [-0.05, 0) is 6.92 Å². The average Bonchev–Trinajstić information content (AvgIpc) is 2.09. The Kier molecular flexibility index (Phi) is 3.45. The maximum atomic E-state index is 5.39. The van der Waals surface area contributed by atoms with Crippen molar-refractivity contribution in [2.24, 2.45) is 0 Å². The van der Waals surface area contributed by atoms with Crippen molar-refractivity contribution >= 4 is 11.6 Å². The van der Waals surface area contributed by atoms with Gasteiger partial charge in [-0.1, -0.05) is 0 Å². The minimum absolute atomic E-state index is 0.211. The van der Waals surface area contributed by atoms with Crippen LogP contribution in [0.4, 0.5) is 11.6 Å². The zero-order valence-corrected chi connectivity index (χ0v) is 7.82. The third-order valence-electron chi connectivity index (χ3n) is 1.48. The molecular formula is C8H14N4O. The quantitative estimate of drug-likeness (QED) is 0.709. The van der Waals surface area contributed by atoms with Gasteiger partial charge in [-0.3, -0.25) is 0 Å². The van der Waals surface area contributed by atoms with E-state index in [4.69, 9.17) is 10.5 Å². The first-order valence-corrected chi connectivity index (χ1v) is 4.05. The number of hydrogen-bond donors (Lipinski definition) is 2. The van der Waals surface area contributed by atoms with Gasteiger partial charge < -0.3 is 15.8 Å². The number of nitrogens with two attached hydrogens (primary N) is 1. The monoisotopic (exact) mass is 182 g/mol. The van der Waals surface area contributed by atoms with Gasteiger partial charge in [0.15, 0.2) is 0 Å². The van der Waals surface area contributed by atoms with Crippen molar-refractivity contribution in [2.75, 3.05) is 24.8 Å². The Labute approximate surface area is 77.3 Å². The fourth-order valence-electron chi connectivity index (χ4n) is 0.957. The van der Waals surface area contributed by atoms with Crippen molar-refractivity contribution in [3.05, 3.63) is 12.4 Å². The zero-order chi connectivity index (χ0) is 9.68. The Bertz CT molecular complexity index is 249. The summed E-state index contributed by atoms with van der Waals surface area (Å²) < 4.78 is 4.96. The van der Waals surface area contributed by atoms with Gasteiger partial charge in [0.2, 0.25) is 0 Å². The lowest BCUT2D eigenvalue weighted by atomic mass is 10.3. The van der Waals surface area contributed by atoms with Crippen LogP contribution in [0.2, 0.25) is 0 Å². The Morgan fingerprint density at radius 2 is 2.31 bits per heavy atom. The highest BCUT2D eigenvalue weighted by Crippen LogP contribution is 2.03. The van der Waals surface area contributed by atoms with Crippen LogP contribution in [0.3, 0.4) is 0 Å². The highest BCUT2D eigenvalue weighted by molar-refractivity contribution is 5.36. The van der Waals surface area contributed by atoms with Crippen molar-refractivity contribution in [1.29, 1.82) is 0 Å². The lowest BCUT2D eigenvalue weighted by Gasteiger charge is -2.12. The molecule has 1 heterocycles. The van der Waals surface area contributed by atoms with Gasteiger partial charge in [-0.25, -0.2) is 9.97 Å². The summed E-state index contributed by atoms with van der Waals surface area (Å²) in [5.41, 5.74) is 5.39. The van der Waals surface area contributed by atoms with E-state index in [0.717, 1.165) is 0 Å². The summed E-state index contributed by atoms with van der Waals surface area (Å²) >= 11 is 0. The van der Waals surface area contributed by atoms with E-state index in [1.807, 2.05) is 6.92 Å². The topological polar surface area (TPSA) is 73.1 Å². The minimum atomic E-state index is 0.211. The van der Waals surface area contributed by atoms with E-state index < -0.39 is 0 Å². The van der Waals surface area contributed by atoms with Crippen LogP contribution in [0.5, 0.6) is 0 Å². The van der Waals surface area contributed by atoms with Crippen molar-refractivity contribution < 1.29 is 4.74 Å². The van der Waals surface area contributed by atoms with Gasteiger partial charge in [-0.15, -0.1) is 0 Å². The highest BCUT2D eigenvalue weighted by Gasteiger charge is 2.01. The summed E-state index contributed by atoms with van der Waals surface area (Å²) in [4.78, 5) is 7.95. The fourth-order valence-corrected chi connectivity index (χ4v) is 0.957. The maximum absolute atomic E-state index is 5.39. The van der Waals surface area contributed by atoms with Gasteiger partial charge in [-0.2, -0.15) is 0 Å². The Morgan fingerprint density at radius 3 is 2.85 bits per heavy atom.